The van der Waals surface area contributed by atoms with Gasteiger partial charge in [-0.25, -0.2) is 4.98 Å². The standard InChI is InChI=1S/C17H11N3O3S/c18-8-11(6-12-2-1-5-23-12)17-20-14(9-24-17)10-3-4-15(21)13(7-10)16(19)22/h1-7,9,21H,(H2,19,22). The van der Waals surface area contributed by atoms with Crippen molar-refractivity contribution in [3.63, 3.8) is 0 Å². The molecule has 0 unspecified atom stereocenters. The lowest BCUT2D eigenvalue weighted by atomic mass is 10.1. The minimum Gasteiger partial charge on any atom is -0.507 e. The molecule has 0 aliphatic heterocycles. The quantitative estimate of drug-likeness (QED) is 0.709. The van der Waals surface area contributed by atoms with E-state index in [0.29, 0.717) is 27.6 Å². The number of hydrogen-bond donors (Lipinski definition) is 2. The van der Waals surface area contributed by atoms with E-state index in [2.05, 4.69) is 11.1 Å². The van der Waals surface area contributed by atoms with E-state index in [1.807, 2.05) is 0 Å². The first kappa shape index (κ1) is 15.5. The van der Waals surface area contributed by atoms with Gasteiger partial charge in [0.05, 0.1) is 23.1 Å². The van der Waals surface area contributed by atoms with Crippen molar-refractivity contribution in [1.82, 2.24) is 4.98 Å². The van der Waals surface area contributed by atoms with Crippen LogP contribution in [-0.4, -0.2) is 16.0 Å². The van der Waals surface area contributed by atoms with E-state index in [9.17, 15) is 15.2 Å². The topological polar surface area (TPSA) is 113 Å². The van der Waals surface area contributed by atoms with E-state index in [-0.39, 0.29) is 11.3 Å². The van der Waals surface area contributed by atoms with E-state index in [4.69, 9.17) is 10.2 Å². The highest BCUT2D eigenvalue weighted by molar-refractivity contribution is 7.11. The maximum absolute atomic E-state index is 11.3. The molecule has 6 nitrogen and oxygen atoms in total. The molecule has 7 heteroatoms. The highest BCUT2D eigenvalue weighted by Gasteiger charge is 2.13. The number of nitrogens with zero attached hydrogens (tertiary/aromatic N) is 2. The molecular formula is C17H11N3O3S. The fourth-order valence-electron chi connectivity index (χ4n) is 2.08. The average Bonchev–Trinajstić information content (AvgIpc) is 3.24. The van der Waals surface area contributed by atoms with Gasteiger partial charge in [-0.2, -0.15) is 5.26 Å². The molecule has 0 saturated carbocycles. The number of benzene rings is 1. The van der Waals surface area contributed by atoms with Gasteiger partial charge in [-0.05, 0) is 30.3 Å². The number of nitriles is 1. The zero-order valence-electron chi connectivity index (χ0n) is 12.3. The van der Waals surface area contributed by atoms with Gasteiger partial charge in [0.15, 0.2) is 0 Å². The van der Waals surface area contributed by atoms with Crippen LogP contribution in [0, 0.1) is 11.3 Å². The van der Waals surface area contributed by atoms with Gasteiger partial charge in [-0.1, -0.05) is 0 Å². The van der Waals surface area contributed by atoms with Crippen LogP contribution in [0.5, 0.6) is 5.75 Å². The Morgan fingerprint density at radius 1 is 1.42 bits per heavy atom. The smallest absolute Gasteiger partial charge is 0.252 e. The number of aromatic nitrogens is 1. The van der Waals surface area contributed by atoms with Gasteiger partial charge in [-0.15, -0.1) is 11.3 Å². The first-order valence-electron chi connectivity index (χ1n) is 6.83. The SMILES string of the molecule is N#CC(=Cc1ccco1)c1nc(-c2ccc(O)c(C(N)=O)c2)cs1. The summed E-state index contributed by atoms with van der Waals surface area (Å²) in [7, 11) is 0. The van der Waals surface area contributed by atoms with Crippen LogP contribution in [0.2, 0.25) is 0 Å². The van der Waals surface area contributed by atoms with Gasteiger partial charge in [0, 0.05) is 17.0 Å². The van der Waals surface area contributed by atoms with Crippen molar-refractivity contribution in [2.45, 2.75) is 0 Å². The molecule has 3 rings (SSSR count). The molecule has 0 saturated heterocycles. The zero-order chi connectivity index (χ0) is 17.1. The van der Waals surface area contributed by atoms with Gasteiger partial charge in [-0.3, -0.25) is 4.79 Å². The molecule has 1 amide bonds. The second-order valence-electron chi connectivity index (χ2n) is 4.82. The van der Waals surface area contributed by atoms with Crippen LogP contribution in [-0.2, 0) is 0 Å². The first-order valence-corrected chi connectivity index (χ1v) is 7.71. The molecular weight excluding hydrogens is 326 g/mol. The molecule has 3 aromatic rings. The van der Waals surface area contributed by atoms with Crippen molar-refractivity contribution in [3.05, 3.63) is 58.3 Å². The van der Waals surface area contributed by atoms with E-state index in [0.717, 1.165) is 0 Å². The highest BCUT2D eigenvalue weighted by Crippen LogP contribution is 2.29. The van der Waals surface area contributed by atoms with Gasteiger partial charge < -0.3 is 15.3 Å². The summed E-state index contributed by atoms with van der Waals surface area (Å²) in [5.74, 6) is -0.346. The van der Waals surface area contributed by atoms with Crippen molar-refractivity contribution in [3.8, 4) is 23.1 Å². The number of nitrogens with two attached hydrogens (primary N) is 1. The van der Waals surface area contributed by atoms with Crippen molar-refractivity contribution < 1.29 is 14.3 Å². The summed E-state index contributed by atoms with van der Waals surface area (Å²) in [6.45, 7) is 0. The van der Waals surface area contributed by atoms with Gasteiger partial charge in [0.2, 0.25) is 0 Å². The molecule has 2 aromatic heterocycles. The number of hydrogen-bond acceptors (Lipinski definition) is 6. The molecule has 0 radical (unpaired) electrons. The van der Waals surface area contributed by atoms with Crippen LogP contribution in [0.1, 0.15) is 21.1 Å². The molecule has 0 aliphatic rings. The molecule has 0 aliphatic carbocycles. The summed E-state index contributed by atoms with van der Waals surface area (Å²) in [5, 5.41) is 21.3. The van der Waals surface area contributed by atoms with Gasteiger partial charge >= 0.3 is 0 Å². The van der Waals surface area contributed by atoms with E-state index in [1.54, 1.807) is 29.7 Å². The summed E-state index contributed by atoms with van der Waals surface area (Å²) in [4.78, 5) is 15.7. The van der Waals surface area contributed by atoms with Crippen LogP contribution >= 0.6 is 11.3 Å². The molecule has 0 fully saturated rings. The number of phenols is 1. The number of furan rings is 1. The maximum Gasteiger partial charge on any atom is 0.252 e. The lowest BCUT2D eigenvalue weighted by Crippen LogP contribution is -2.11. The lowest BCUT2D eigenvalue weighted by Gasteiger charge is -2.02. The number of rotatable bonds is 4. The minimum absolute atomic E-state index is 0.0219. The second-order valence-corrected chi connectivity index (χ2v) is 5.68. The predicted octanol–water partition coefficient (Wildman–Crippen LogP) is 3.27. The van der Waals surface area contributed by atoms with Crippen LogP contribution in [0.3, 0.4) is 0 Å². The summed E-state index contributed by atoms with van der Waals surface area (Å²) >= 11 is 1.30. The Hall–Kier alpha value is -3.37. The molecule has 0 atom stereocenters. The molecule has 24 heavy (non-hydrogen) atoms. The molecule has 1 aromatic carbocycles. The Balaban J connectivity index is 1.98. The zero-order valence-corrected chi connectivity index (χ0v) is 13.1. The van der Waals surface area contributed by atoms with Crippen LogP contribution in [0.4, 0.5) is 0 Å². The Morgan fingerprint density at radius 2 is 2.25 bits per heavy atom. The normalized spacial score (nSPS) is 11.2. The Bertz CT molecular complexity index is 965. The van der Waals surface area contributed by atoms with Crippen molar-refractivity contribution >= 4 is 28.9 Å². The summed E-state index contributed by atoms with van der Waals surface area (Å²) in [6.07, 6.45) is 3.13. The highest BCUT2D eigenvalue weighted by atomic mass is 32.1. The largest absolute Gasteiger partial charge is 0.507 e. The van der Waals surface area contributed by atoms with Gasteiger partial charge in [0.1, 0.15) is 22.6 Å². The maximum atomic E-state index is 11.3. The summed E-state index contributed by atoms with van der Waals surface area (Å²) in [6, 6.07) is 10.1. The number of thiazole rings is 1. The number of carbonyl (C=O) groups excluding carboxylic acids is 1. The lowest BCUT2D eigenvalue weighted by molar-refractivity contribution is 0.0998. The van der Waals surface area contributed by atoms with E-state index >= 15 is 0 Å². The number of aromatic hydroxyl groups is 1. The van der Waals surface area contributed by atoms with Crippen LogP contribution < -0.4 is 5.73 Å². The van der Waals surface area contributed by atoms with Crippen molar-refractivity contribution in [2.75, 3.05) is 0 Å². The Labute approximate surface area is 141 Å². The summed E-state index contributed by atoms with van der Waals surface area (Å²) in [5.41, 5.74) is 6.83. The third kappa shape index (κ3) is 3.04. The van der Waals surface area contributed by atoms with Gasteiger partial charge in [0.25, 0.3) is 5.91 Å². The number of primary amides is 1. The molecule has 2 heterocycles. The predicted molar refractivity (Wildman–Crippen MR) is 89.9 cm³/mol. The van der Waals surface area contributed by atoms with Crippen LogP contribution in [0.25, 0.3) is 22.9 Å². The average molecular weight is 337 g/mol. The molecule has 118 valence electrons. The van der Waals surface area contributed by atoms with E-state index in [1.165, 1.54) is 29.7 Å². The fraction of sp³-hybridized carbons (Fsp3) is 0. The second kappa shape index (κ2) is 6.40. The number of amides is 1. The Kier molecular flexibility index (Phi) is 4.14. The van der Waals surface area contributed by atoms with E-state index < -0.39 is 5.91 Å². The van der Waals surface area contributed by atoms with Crippen molar-refractivity contribution in [1.29, 1.82) is 5.26 Å². The van der Waals surface area contributed by atoms with Crippen LogP contribution in [0.15, 0.2) is 46.4 Å². The number of carbonyl (C=O) groups is 1. The first-order chi connectivity index (χ1) is 11.6. The third-order valence-electron chi connectivity index (χ3n) is 3.24. The van der Waals surface area contributed by atoms with Crippen molar-refractivity contribution in [2.24, 2.45) is 5.73 Å². The molecule has 0 bridgehead atoms. The molecule has 0 spiro atoms. The summed E-state index contributed by atoms with van der Waals surface area (Å²) < 4.78 is 5.20. The minimum atomic E-state index is -0.722. The molecule has 3 N–H and O–H groups in total. The Morgan fingerprint density at radius 3 is 2.92 bits per heavy atom. The fourth-order valence-corrected chi connectivity index (χ4v) is 2.87. The number of allylic oxidation sites excluding steroid dienone is 1. The monoisotopic (exact) mass is 337 g/mol. The third-order valence-corrected chi connectivity index (χ3v) is 4.12.